The highest BCUT2D eigenvalue weighted by Gasteiger charge is 2.56. The van der Waals surface area contributed by atoms with Crippen LogP contribution in [0.3, 0.4) is 0 Å². The minimum absolute atomic E-state index is 0.0468. The molecule has 1 aromatic rings. The molecule has 1 amide bonds. The standard InChI is InChI=1S/C19H25F2N3O/c1-19(2,22)18(25)24-10-13(12-4-3-5-14(20)15(12)21)17-16(24)11-6-8-23(17)9-7-11/h3-5,11,13,16-17H,6-10,22H2,1-2H3/t13-,16+,17+/m1/s1. The van der Waals surface area contributed by atoms with Gasteiger partial charge in [0.15, 0.2) is 11.6 Å². The van der Waals surface area contributed by atoms with Crippen molar-refractivity contribution < 1.29 is 13.6 Å². The maximum atomic E-state index is 14.5. The molecular weight excluding hydrogens is 324 g/mol. The Morgan fingerprint density at radius 2 is 1.88 bits per heavy atom. The van der Waals surface area contributed by atoms with E-state index in [0.717, 1.165) is 32.0 Å². The van der Waals surface area contributed by atoms with Gasteiger partial charge in [-0.1, -0.05) is 12.1 Å². The molecule has 0 aliphatic carbocycles. The van der Waals surface area contributed by atoms with Crippen molar-refractivity contribution in [1.82, 2.24) is 9.80 Å². The van der Waals surface area contributed by atoms with Crippen LogP contribution in [0.25, 0.3) is 0 Å². The summed E-state index contributed by atoms with van der Waals surface area (Å²) in [6.07, 6.45) is 2.10. The van der Waals surface area contributed by atoms with E-state index in [-0.39, 0.29) is 23.9 Å². The highest BCUT2D eigenvalue weighted by atomic mass is 19.2. The third-order valence-electron chi connectivity index (χ3n) is 6.19. The number of likely N-dealkylation sites (tertiary alicyclic amines) is 1. The van der Waals surface area contributed by atoms with Gasteiger partial charge in [0.2, 0.25) is 5.91 Å². The summed E-state index contributed by atoms with van der Waals surface area (Å²) < 4.78 is 28.3. The van der Waals surface area contributed by atoms with Crippen molar-refractivity contribution in [2.24, 2.45) is 11.7 Å². The van der Waals surface area contributed by atoms with Crippen LogP contribution in [0.5, 0.6) is 0 Å². The maximum Gasteiger partial charge on any atom is 0.242 e. The van der Waals surface area contributed by atoms with Gasteiger partial charge in [-0.05, 0) is 57.3 Å². The van der Waals surface area contributed by atoms with Crippen molar-refractivity contribution in [3.63, 3.8) is 0 Å². The number of benzene rings is 1. The van der Waals surface area contributed by atoms with E-state index >= 15 is 0 Å². The van der Waals surface area contributed by atoms with Crippen molar-refractivity contribution in [2.75, 3.05) is 19.6 Å². The number of carbonyl (C=O) groups is 1. The second kappa shape index (κ2) is 5.74. The number of rotatable bonds is 2. The predicted molar refractivity (Wildman–Crippen MR) is 91.0 cm³/mol. The second-order valence-electron chi connectivity index (χ2n) is 8.28. The van der Waals surface area contributed by atoms with Crippen molar-refractivity contribution in [1.29, 1.82) is 0 Å². The number of piperidine rings is 3. The lowest BCUT2D eigenvalue weighted by atomic mass is 9.75. The molecule has 0 saturated carbocycles. The minimum atomic E-state index is -0.966. The molecule has 25 heavy (non-hydrogen) atoms. The van der Waals surface area contributed by atoms with Gasteiger partial charge in [0.05, 0.1) is 11.6 Å². The van der Waals surface area contributed by atoms with Gasteiger partial charge in [-0.3, -0.25) is 9.69 Å². The van der Waals surface area contributed by atoms with E-state index in [1.807, 2.05) is 4.90 Å². The lowest BCUT2D eigenvalue weighted by Crippen LogP contribution is -2.63. The Bertz CT molecular complexity index is 694. The number of nitrogens with two attached hydrogens (primary N) is 1. The molecule has 2 bridgehead atoms. The van der Waals surface area contributed by atoms with Crippen LogP contribution in [0.1, 0.15) is 38.2 Å². The summed E-state index contributed by atoms with van der Waals surface area (Å²) in [5.74, 6) is -1.50. The molecule has 5 rings (SSSR count). The summed E-state index contributed by atoms with van der Waals surface area (Å²) in [4.78, 5) is 17.2. The molecule has 4 nitrogen and oxygen atoms in total. The van der Waals surface area contributed by atoms with E-state index in [2.05, 4.69) is 4.90 Å². The van der Waals surface area contributed by atoms with Crippen molar-refractivity contribution in [2.45, 2.75) is 50.2 Å². The quantitative estimate of drug-likeness (QED) is 0.889. The van der Waals surface area contributed by atoms with E-state index < -0.39 is 17.2 Å². The zero-order valence-electron chi connectivity index (χ0n) is 14.7. The second-order valence-corrected chi connectivity index (χ2v) is 8.28. The van der Waals surface area contributed by atoms with E-state index in [1.54, 1.807) is 26.0 Å². The molecule has 1 aromatic carbocycles. The first-order valence-electron chi connectivity index (χ1n) is 9.07. The molecule has 0 unspecified atom stereocenters. The van der Waals surface area contributed by atoms with Crippen LogP contribution >= 0.6 is 0 Å². The van der Waals surface area contributed by atoms with Gasteiger partial charge in [-0.25, -0.2) is 8.78 Å². The van der Waals surface area contributed by atoms with E-state index in [9.17, 15) is 13.6 Å². The molecule has 0 aromatic heterocycles. The molecular formula is C19H25F2N3O. The highest BCUT2D eigenvalue weighted by molar-refractivity contribution is 5.86. The van der Waals surface area contributed by atoms with Crippen LogP contribution in [-0.4, -0.2) is 53.0 Å². The normalized spacial score (nSPS) is 34.3. The van der Waals surface area contributed by atoms with Gasteiger partial charge in [-0.2, -0.15) is 0 Å². The van der Waals surface area contributed by atoms with Crippen LogP contribution in [0.4, 0.5) is 8.78 Å². The molecule has 3 atom stereocenters. The fourth-order valence-electron chi connectivity index (χ4n) is 5.10. The lowest BCUT2D eigenvalue weighted by Gasteiger charge is -2.51. The van der Waals surface area contributed by atoms with Crippen LogP contribution in [-0.2, 0) is 4.79 Å². The molecule has 4 saturated heterocycles. The molecule has 6 heteroatoms. The smallest absolute Gasteiger partial charge is 0.242 e. The van der Waals surface area contributed by atoms with Gasteiger partial charge in [0, 0.05) is 18.5 Å². The summed E-state index contributed by atoms with van der Waals surface area (Å²) >= 11 is 0. The maximum absolute atomic E-state index is 14.5. The summed E-state index contributed by atoms with van der Waals surface area (Å²) in [5.41, 5.74) is 5.49. The van der Waals surface area contributed by atoms with Gasteiger partial charge in [0.1, 0.15) is 0 Å². The first-order valence-corrected chi connectivity index (χ1v) is 9.07. The largest absolute Gasteiger partial charge is 0.336 e. The summed E-state index contributed by atoms with van der Waals surface area (Å²) in [7, 11) is 0. The molecule has 0 radical (unpaired) electrons. The molecule has 2 N–H and O–H groups in total. The Morgan fingerprint density at radius 3 is 2.52 bits per heavy atom. The molecule has 4 aliphatic heterocycles. The van der Waals surface area contributed by atoms with E-state index in [4.69, 9.17) is 5.73 Å². The van der Waals surface area contributed by atoms with Crippen LogP contribution in [0, 0.1) is 17.6 Å². The highest BCUT2D eigenvalue weighted by Crippen LogP contribution is 2.47. The Hall–Kier alpha value is -1.53. The Labute approximate surface area is 147 Å². The van der Waals surface area contributed by atoms with Gasteiger partial charge >= 0.3 is 0 Å². The monoisotopic (exact) mass is 349 g/mol. The average Bonchev–Trinajstić information content (AvgIpc) is 2.99. The number of carbonyl (C=O) groups excluding carboxylic acids is 1. The number of halogens is 2. The SMILES string of the molecule is CC(C)(N)C(=O)N1C[C@H](c2cccc(F)c2F)[C@H]2[C@@H]1C1CCN2CC1. The summed E-state index contributed by atoms with van der Waals surface area (Å²) in [6, 6.07) is 4.45. The number of nitrogens with zero attached hydrogens (tertiary/aromatic N) is 2. The Kier molecular flexibility index (Phi) is 3.88. The Morgan fingerprint density at radius 1 is 1.20 bits per heavy atom. The van der Waals surface area contributed by atoms with Gasteiger partial charge in [0.25, 0.3) is 0 Å². The lowest BCUT2D eigenvalue weighted by molar-refractivity contribution is -0.140. The predicted octanol–water partition coefficient (Wildman–Crippen LogP) is 2.09. The molecule has 0 spiro atoms. The molecule has 4 aliphatic rings. The number of fused-ring (bicyclic) bond motifs is 2. The average molecular weight is 349 g/mol. The summed E-state index contributed by atoms with van der Waals surface area (Å²) in [6.45, 7) is 5.76. The molecule has 4 fully saturated rings. The van der Waals surface area contributed by atoms with Crippen molar-refractivity contribution in [3.05, 3.63) is 35.4 Å². The first-order chi connectivity index (χ1) is 11.8. The summed E-state index contributed by atoms with van der Waals surface area (Å²) in [5, 5.41) is 0. The van der Waals surface area contributed by atoms with Gasteiger partial charge in [-0.15, -0.1) is 0 Å². The van der Waals surface area contributed by atoms with Gasteiger partial charge < -0.3 is 10.6 Å². The third kappa shape index (κ3) is 2.57. The molecule has 4 heterocycles. The fourth-order valence-corrected chi connectivity index (χ4v) is 5.10. The fraction of sp³-hybridized carbons (Fsp3) is 0.632. The Balaban J connectivity index is 1.76. The van der Waals surface area contributed by atoms with Crippen LogP contribution in [0.15, 0.2) is 18.2 Å². The molecule has 136 valence electrons. The van der Waals surface area contributed by atoms with Crippen LogP contribution < -0.4 is 5.73 Å². The minimum Gasteiger partial charge on any atom is -0.336 e. The zero-order chi connectivity index (χ0) is 17.9. The topological polar surface area (TPSA) is 49.6 Å². The van der Waals surface area contributed by atoms with Crippen LogP contribution in [0.2, 0.25) is 0 Å². The number of hydrogen-bond donors (Lipinski definition) is 1. The third-order valence-corrected chi connectivity index (χ3v) is 6.19. The van der Waals surface area contributed by atoms with Crippen molar-refractivity contribution in [3.8, 4) is 0 Å². The first kappa shape index (κ1) is 16.9. The number of amides is 1. The van der Waals surface area contributed by atoms with E-state index in [0.29, 0.717) is 18.0 Å². The zero-order valence-corrected chi connectivity index (χ0v) is 14.7. The van der Waals surface area contributed by atoms with Crippen molar-refractivity contribution >= 4 is 5.91 Å². The number of hydrogen-bond acceptors (Lipinski definition) is 3. The van der Waals surface area contributed by atoms with E-state index in [1.165, 1.54) is 0 Å².